The lowest BCUT2D eigenvalue weighted by atomic mass is 9.72. The number of nitrogens with zero attached hydrogens (tertiary/aromatic N) is 2. The molecule has 0 aliphatic carbocycles. The van der Waals surface area contributed by atoms with Crippen LogP contribution in [-0.4, -0.2) is 64.0 Å². The number of nitrogens with two attached hydrogens (primary N) is 1. The molecule has 2 aromatic rings. The van der Waals surface area contributed by atoms with Crippen molar-refractivity contribution in [3.05, 3.63) is 52.1 Å². The maximum atomic E-state index is 10.5. The molecule has 212 valence electrons. The van der Waals surface area contributed by atoms with E-state index in [1.165, 1.54) is 0 Å². The molecule has 2 bridgehead atoms. The second kappa shape index (κ2) is 10.5. The lowest BCUT2D eigenvalue weighted by Crippen LogP contribution is -2.68. The Balaban J connectivity index is 1.57. The molecule has 10 heteroatoms. The van der Waals surface area contributed by atoms with E-state index in [2.05, 4.69) is 28.9 Å². The van der Waals surface area contributed by atoms with Crippen LogP contribution in [0.2, 0.25) is 0 Å². The summed E-state index contributed by atoms with van der Waals surface area (Å²) in [6, 6.07) is 3.73. The van der Waals surface area contributed by atoms with Crippen molar-refractivity contribution in [2.24, 2.45) is 5.73 Å². The Bertz CT molecular complexity index is 1390. The summed E-state index contributed by atoms with van der Waals surface area (Å²) in [7, 11) is 3.26. The first-order chi connectivity index (χ1) is 19.5. The van der Waals surface area contributed by atoms with Crippen LogP contribution in [-0.2, 0) is 17.6 Å². The van der Waals surface area contributed by atoms with Crippen LogP contribution in [0, 0.1) is 25.2 Å². The summed E-state index contributed by atoms with van der Waals surface area (Å²) in [4.78, 5) is 2.29. The summed E-state index contributed by atoms with van der Waals surface area (Å²) < 4.78 is 35.5. The third-order valence-corrected chi connectivity index (χ3v) is 8.63. The van der Waals surface area contributed by atoms with Crippen LogP contribution in [0.25, 0.3) is 0 Å². The number of piperazine rings is 1. The van der Waals surface area contributed by atoms with Crippen molar-refractivity contribution in [1.82, 2.24) is 10.2 Å². The van der Waals surface area contributed by atoms with Gasteiger partial charge < -0.3 is 39.5 Å². The zero-order valence-corrected chi connectivity index (χ0v) is 23.4. The van der Waals surface area contributed by atoms with Gasteiger partial charge in [-0.15, -0.1) is 0 Å². The molecule has 3 N–H and O–H groups in total. The van der Waals surface area contributed by atoms with Crippen LogP contribution in [0.5, 0.6) is 28.7 Å². The van der Waals surface area contributed by atoms with Crippen molar-refractivity contribution in [3.63, 3.8) is 0 Å². The molecule has 2 aromatic carbocycles. The van der Waals surface area contributed by atoms with Gasteiger partial charge >= 0.3 is 0 Å². The second-order valence-electron chi connectivity index (χ2n) is 10.7. The quantitative estimate of drug-likeness (QED) is 0.376. The zero-order valence-electron chi connectivity index (χ0n) is 23.4. The lowest BCUT2D eigenvalue weighted by molar-refractivity contribution is -0.000967. The van der Waals surface area contributed by atoms with Crippen LogP contribution in [0.15, 0.2) is 18.7 Å². The first-order valence-corrected chi connectivity index (χ1v) is 13.6. The molecule has 5 atom stereocenters. The molecule has 6 rings (SSSR count). The van der Waals surface area contributed by atoms with Gasteiger partial charge in [-0.25, -0.2) is 0 Å². The molecule has 0 radical (unpaired) electrons. The fourth-order valence-corrected chi connectivity index (χ4v) is 7.22. The second-order valence-corrected chi connectivity index (χ2v) is 10.7. The summed E-state index contributed by atoms with van der Waals surface area (Å²) >= 11 is 0. The van der Waals surface area contributed by atoms with E-state index in [-0.39, 0.29) is 37.8 Å². The highest BCUT2D eigenvalue weighted by atomic mass is 16.7. The van der Waals surface area contributed by atoms with E-state index in [1.807, 2.05) is 13.8 Å². The molecular formula is C30H36N4O6. The minimum absolute atomic E-state index is 0.0913. The van der Waals surface area contributed by atoms with Crippen LogP contribution in [0.1, 0.15) is 45.5 Å². The third kappa shape index (κ3) is 3.84. The van der Waals surface area contributed by atoms with E-state index < -0.39 is 6.04 Å². The number of ether oxygens (including phenoxy) is 6. The number of aryl methyl sites for hydroxylation is 1. The lowest BCUT2D eigenvalue weighted by Gasteiger charge is -2.56. The summed E-state index contributed by atoms with van der Waals surface area (Å²) in [6.45, 7) is 8.73. The van der Waals surface area contributed by atoms with Crippen LogP contribution >= 0.6 is 0 Å². The number of hydrogen-bond acceptors (Lipinski definition) is 10. The first-order valence-electron chi connectivity index (χ1n) is 13.6. The van der Waals surface area contributed by atoms with Gasteiger partial charge in [-0.3, -0.25) is 4.90 Å². The molecule has 1 saturated heterocycles. The van der Waals surface area contributed by atoms with E-state index >= 15 is 0 Å². The summed E-state index contributed by atoms with van der Waals surface area (Å²) in [5.74, 6) is 3.51. The Hall–Kier alpha value is -3.49. The monoisotopic (exact) mass is 548 g/mol. The van der Waals surface area contributed by atoms with Gasteiger partial charge in [0.25, 0.3) is 0 Å². The van der Waals surface area contributed by atoms with Gasteiger partial charge in [0, 0.05) is 48.0 Å². The molecule has 0 amide bonds. The van der Waals surface area contributed by atoms with E-state index in [0.717, 1.165) is 39.1 Å². The topological polar surface area (TPSA) is 120 Å². The number of benzene rings is 2. The minimum Gasteiger partial charge on any atom is -0.493 e. The van der Waals surface area contributed by atoms with Crippen LogP contribution < -0.4 is 34.7 Å². The number of methoxy groups -OCH3 is 2. The first kappa shape index (κ1) is 26.7. The Labute approximate surface area is 234 Å². The molecule has 4 heterocycles. The van der Waals surface area contributed by atoms with Crippen molar-refractivity contribution in [1.29, 1.82) is 5.26 Å². The molecule has 10 nitrogen and oxygen atoms in total. The van der Waals surface area contributed by atoms with Crippen molar-refractivity contribution in [2.75, 3.05) is 41.0 Å². The maximum absolute atomic E-state index is 10.5. The van der Waals surface area contributed by atoms with Crippen molar-refractivity contribution in [3.8, 4) is 34.8 Å². The van der Waals surface area contributed by atoms with Gasteiger partial charge in [-0.2, -0.15) is 5.26 Å². The van der Waals surface area contributed by atoms with E-state index in [0.29, 0.717) is 49.0 Å². The molecule has 0 spiro atoms. The number of nitrogens with one attached hydrogen (secondary N) is 1. The predicted molar refractivity (Wildman–Crippen MR) is 147 cm³/mol. The molecule has 4 aliphatic rings. The highest BCUT2D eigenvalue weighted by molar-refractivity contribution is 5.66. The average molecular weight is 549 g/mol. The fraction of sp³-hybridized carbons (Fsp3) is 0.500. The normalized spacial score (nSPS) is 25.8. The minimum atomic E-state index is -0.404. The molecule has 1 unspecified atom stereocenters. The Morgan fingerprint density at radius 3 is 2.65 bits per heavy atom. The highest BCUT2D eigenvalue weighted by Gasteiger charge is 2.54. The summed E-state index contributed by atoms with van der Waals surface area (Å²) in [6.07, 6.45) is 3.01. The van der Waals surface area contributed by atoms with E-state index in [9.17, 15) is 5.26 Å². The van der Waals surface area contributed by atoms with Gasteiger partial charge in [0.2, 0.25) is 6.79 Å². The average Bonchev–Trinajstić information content (AvgIpc) is 3.45. The third-order valence-electron chi connectivity index (χ3n) is 8.63. The van der Waals surface area contributed by atoms with E-state index in [1.54, 1.807) is 20.3 Å². The number of fused-ring (bicyclic) bond motifs is 9. The van der Waals surface area contributed by atoms with Gasteiger partial charge in [-0.05, 0) is 37.8 Å². The Kier molecular flexibility index (Phi) is 7.00. The van der Waals surface area contributed by atoms with Crippen LogP contribution in [0.3, 0.4) is 0 Å². The number of nitriles is 1. The zero-order chi connectivity index (χ0) is 28.1. The number of rotatable bonds is 8. The molecule has 4 aliphatic heterocycles. The molecule has 0 saturated carbocycles. The highest BCUT2D eigenvalue weighted by Crippen LogP contribution is 2.56. The van der Waals surface area contributed by atoms with Gasteiger partial charge in [0.15, 0.2) is 29.8 Å². The van der Waals surface area contributed by atoms with E-state index in [4.69, 9.17) is 34.2 Å². The smallest absolute Gasteiger partial charge is 0.231 e. The Morgan fingerprint density at radius 2 is 1.95 bits per heavy atom. The SMILES string of the molecule is C=CCOc1c(C)c2c(c3c1CC1[C@H]4N[C@@H](Cc5cc(C)c(OC)c(OCOC)c54)[C@H](C#N)N1[C@H]3CN)OCO2. The van der Waals surface area contributed by atoms with Crippen molar-refractivity contribution >= 4 is 0 Å². The number of hydrogen-bond donors (Lipinski definition) is 2. The summed E-state index contributed by atoms with van der Waals surface area (Å²) in [5, 5.41) is 14.3. The molecule has 0 aromatic heterocycles. The standard InChI is InChI=1S/C30H36N4O6/c1-6-7-37-27-16(3)28-30(40-14-39-28)24-18(27)10-20-25-23-17(8-15(2)26(36-5)29(23)38-13-35-4)9-19(33-25)21(11-31)34(20)22(24)12-32/h6,8,19-22,25,33H,1,7,9-10,12-14,32H2,2-5H3/t19-,20?,21-,22-,25+/m0/s1. The molecule has 1 fully saturated rings. The fourth-order valence-electron chi connectivity index (χ4n) is 7.22. The van der Waals surface area contributed by atoms with Gasteiger partial charge in [-0.1, -0.05) is 18.7 Å². The molecular weight excluding hydrogens is 512 g/mol. The summed E-state index contributed by atoms with van der Waals surface area (Å²) in [5.41, 5.74) is 12.6. The largest absolute Gasteiger partial charge is 0.493 e. The van der Waals surface area contributed by atoms with Crippen molar-refractivity contribution in [2.45, 2.75) is 56.9 Å². The maximum Gasteiger partial charge on any atom is 0.231 e. The molecule has 40 heavy (non-hydrogen) atoms. The predicted octanol–water partition coefficient (Wildman–Crippen LogP) is 2.98. The van der Waals surface area contributed by atoms with Gasteiger partial charge in [0.1, 0.15) is 18.4 Å². The van der Waals surface area contributed by atoms with Crippen LogP contribution in [0.4, 0.5) is 0 Å². The van der Waals surface area contributed by atoms with Gasteiger partial charge in [0.05, 0.1) is 25.3 Å². The Morgan fingerprint density at radius 1 is 1.15 bits per heavy atom. The van der Waals surface area contributed by atoms with Crippen molar-refractivity contribution < 1.29 is 28.4 Å².